The van der Waals surface area contributed by atoms with Crippen molar-refractivity contribution in [3.05, 3.63) is 47.3 Å². The first-order valence-corrected chi connectivity index (χ1v) is 11.0. The number of aromatic nitrogens is 1. The molecule has 2 atom stereocenters. The van der Waals surface area contributed by atoms with Crippen molar-refractivity contribution in [2.24, 2.45) is 4.99 Å². The van der Waals surface area contributed by atoms with Crippen molar-refractivity contribution in [1.82, 2.24) is 20.5 Å². The van der Waals surface area contributed by atoms with Crippen LogP contribution in [-0.4, -0.2) is 71.8 Å². The topological polar surface area (TPSA) is 95.9 Å². The van der Waals surface area contributed by atoms with Crippen molar-refractivity contribution in [3.8, 4) is 5.75 Å². The van der Waals surface area contributed by atoms with E-state index in [1.165, 1.54) is 0 Å². The first kappa shape index (κ1) is 19.9. The number of pyridine rings is 1. The van der Waals surface area contributed by atoms with E-state index in [9.17, 15) is 9.59 Å². The molecule has 1 aromatic rings. The van der Waals surface area contributed by atoms with Crippen molar-refractivity contribution in [2.75, 3.05) is 19.6 Å². The van der Waals surface area contributed by atoms with Crippen LogP contribution in [0.15, 0.2) is 46.6 Å². The van der Waals surface area contributed by atoms with E-state index < -0.39 is 0 Å². The first-order valence-electron chi connectivity index (χ1n) is 11.0. The Morgan fingerprint density at radius 3 is 2.84 bits per heavy atom. The number of dihydropyridines is 1. The minimum atomic E-state index is -0.121. The molecule has 5 rings (SSSR count). The number of likely N-dealkylation sites (tertiary alicyclic amines) is 1. The molecule has 4 aliphatic rings. The second kappa shape index (κ2) is 8.26. The van der Waals surface area contributed by atoms with Crippen molar-refractivity contribution >= 4 is 18.0 Å². The third kappa shape index (κ3) is 4.54. The molecule has 2 N–H and O–H groups in total. The fraction of sp³-hybridized carbons (Fsp3) is 0.478. The second-order valence-corrected chi connectivity index (χ2v) is 8.62. The quantitative estimate of drug-likeness (QED) is 0.691. The predicted octanol–water partition coefficient (Wildman–Crippen LogP) is 1.25. The standard InChI is InChI=1S/C23H27N5O3/c1-2-15-8-20-21(27-22(15)29)7-14(9-24-20)11-28-12-18(13-28)31-17-5-6-19(25-10-17)23(30)26-16-3-4-16/h5-10,16,18,20-21H,2-4,11-13H2,1H3,(H,26,30)(H,27,29). The Morgan fingerprint density at radius 1 is 1.29 bits per heavy atom. The number of hydrogen-bond donors (Lipinski definition) is 2. The Hall–Kier alpha value is -3.00. The average Bonchev–Trinajstić information content (AvgIpc) is 3.56. The molecule has 0 spiro atoms. The van der Waals surface area contributed by atoms with Crippen molar-refractivity contribution in [1.29, 1.82) is 0 Å². The zero-order chi connectivity index (χ0) is 21.4. The molecule has 8 nitrogen and oxygen atoms in total. The molecule has 162 valence electrons. The summed E-state index contributed by atoms with van der Waals surface area (Å²) >= 11 is 0. The molecule has 2 amide bonds. The van der Waals surface area contributed by atoms with E-state index in [-0.39, 0.29) is 30.0 Å². The van der Waals surface area contributed by atoms with E-state index in [4.69, 9.17) is 4.74 Å². The molecule has 2 unspecified atom stereocenters. The summed E-state index contributed by atoms with van der Waals surface area (Å²) in [4.78, 5) is 35.2. The van der Waals surface area contributed by atoms with Gasteiger partial charge in [-0.1, -0.05) is 13.0 Å². The lowest BCUT2D eigenvalue weighted by atomic mass is 9.94. The van der Waals surface area contributed by atoms with Crippen LogP contribution < -0.4 is 15.4 Å². The van der Waals surface area contributed by atoms with Gasteiger partial charge in [0.1, 0.15) is 17.5 Å². The summed E-state index contributed by atoms with van der Waals surface area (Å²) in [5.41, 5.74) is 2.34. The average molecular weight is 422 g/mol. The zero-order valence-electron chi connectivity index (χ0n) is 17.6. The van der Waals surface area contributed by atoms with Crippen LogP contribution in [0, 0.1) is 0 Å². The summed E-state index contributed by atoms with van der Waals surface area (Å²) in [6.07, 6.45) is 10.6. The Morgan fingerprint density at radius 2 is 2.13 bits per heavy atom. The lowest BCUT2D eigenvalue weighted by Gasteiger charge is -2.39. The van der Waals surface area contributed by atoms with E-state index in [1.54, 1.807) is 18.3 Å². The number of nitrogens with zero attached hydrogens (tertiary/aromatic N) is 3. The van der Waals surface area contributed by atoms with Gasteiger partial charge in [-0.15, -0.1) is 0 Å². The van der Waals surface area contributed by atoms with Crippen LogP contribution in [0.3, 0.4) is 0 Å². The summed E-state index contributed by atoms with van der Waals surface area (Å²) in [6, 6.07) is 3.78. The van der Waals surface area contributed by atoms with Gasteiger partial charge in [0.05, 0.1) is 18.3 Å². The molecule has 1 aromatic heterocycles. The summed E-state index contributed by atoms with van der Waals surface area (Å²) in [5, 5.41) is 5.98. The Kier molecular flexibility index (Phi) is 5.31. The van der Waals surface area contributed by atoms with E-state index in [0.29, 0.717) is 17.5 Å². The summed E-state index contributed by atoms with van der Waals surface area (Å²) in [7, 11) is 0. The van der Waals surface area contributed by atoms with Crippen molar-refractivity contribution in [3.63, 3.8) is 0 Å². The number of aliphatic imine (C=N–C) groups is 1. The lowest BCUT2D eigenvalue weighted by Crippen LogP contribution is -2.54. The molecule has 1 aliphatic carbocycles. The molecule has 0 aromatic carbocycles. The zero-order valence-corrected chi connectivity index (χ0v) is 17.6. The van der Waals surface area contributed by atoms with E-state index in [0.717, 1.165) is 50.0 Å². The fourth-order valence-corrected chi connectivity index (χ4v) is 4.07. The SMILES string of the molecule is CCC1=CC2N=CC(CN3CC(Oc4ccc(C(=O)NC5CC5)nc4)C3)=CC2NC1=O. The number of carbonyl (C=O) groups is 2. The van der Waals surface area contributed by atoms with Gasteiger partial charge in [-0.25, -0.2) is 4.98 Å². The molecule has 1 saturated carbocycles. The van der Waals surface area contributed by atoms with Crippen LogP contribution in [0.5, 0.6) is 5.75 Å². The number of ether oxygens (including phenoxy) is 1. The summed E-state index contributed by atoms with van der Waals surface area (Å²) in [6.45, 7) is 4.40. The highest BCUT2D eigenvalue weighted by Crippen LogP contribution is 2.23. The maximum Gasteiger partial charge on any atom is 0.270 e. The second-order valence-electron chi connectivity index (χ2n) is 8.62. The monoisotopic (exact) mass is 421 g/mol. The largest absolute Gasteiger partial charge is 0.486 e. The van der Waals surface area contributed by atoms with Crippen LogP contribution in [0.2, 0.25) is 0 Å². The van der Waals surface area contributed by atoms with Crippen LogP contribution in [-0.2, 0) is 4.79 Å². The first-order chi connectivity index (χ1) is 15.1. The van der Waals surface area contributed by atoms with Crippen molar-refractivity contribution in [2.45, 2.75) is 50.4 Å². The third-order valence-electron chi connectivity index (χ3n) is 6.03. The van der Waals surface area contributed by atoms with Crippen LogP contribution in [0.1, 0.15) is 36.7 Å². The van der Waals surface area contributed by atoms with Gasteiger partial charge in [-0.05, 0) is 43.0 Å². The number of fused-ring (bicyclic) bond motifs is 1. The van der Waals surface area contributed by atoms with Gasteiger partial charge in [0.15, 0.2) is 0 Å². The highest BCUT2D eigenvalue weighted by Gasteiger charge is 2.32. The van der Waals surface area contributed by atoms with Crippen LogP contribution in [0.25, 0.3) is 0 Å². The number of nitrogens with one attached hydrogen (secondary N) is 2. The molecule has 0 radical (unpaired) electrons. The van der Waals surface area contributed by atoms with E-state index in [1.807, 2.05) is 19.2 Å². The minimum Gasteiger partial charge on any atom is -0.486 e. The molecular weight excluding hydrogens is 394 g/mol. The van der Waals surface area contributed by atoms with Gasteiger partial charge in [0, 0.05) is 37.5 Å². The maximum absolute atomic E-state index is 12.1. The molecule has 3 aliphatic heterocycles. The Bertz CT molecular complexity index is 958. The maximum atomic E-state index is 12.1. The number of rotatable bonds is 7. The van der Waals surface area contributed by atoms with Gasteiger partial charge >= 0.3 is 0 Å². The highest BCUT2D eigenvalue weighted by molar-refractivity contribution is 5.95. The fourth-order valence-electron chi connectivity index (χ4n) is 4.07. The number of carbonyl (C=O) groups excluding carboxylic acids is 2. The Labute approximate surface area is 181 Å². The molecule has 1 saturated heterocycles. The van der Waals surface area contributed by atoms with Gasteiger partial charge < -0.3 is 15.4 Å². The lowest BCUT2D eigenvalue weighted by molar-refractivity contribution is -0.118. The Balaban J connectivity index is 1.09. The number of hydrogen-bond acceptors (Lipinski definition) is 6. The van der Waals surface area contributed by atoms with Crippen LogP contribution in [0.4, 0.5) is 0 Å². The molecule has 2 fully saturated rings. The number of amides is 2. The molecule has 31 heavy (non-hydrogen) atoms. The molecule has 8 heteroatoms. The third-order valence-corrected chi connectivity index (χ3v) is 6.03. The van der Waals surface area contributed by atoms with Crippen LogP contribution >= 0.6 is 0 Å². The molecular formula is C23H27N5O3. The van der Waals surface area contributed by atoms with Gasteiger partial charge in [-0.2, -0.15) is 0 Å². The highest BCUT2D eigenvalue weighted by atomic mass is 16.5. The van der Waals surface area contributed by atoms with Gasteiger partial charge in [0.2, 0.25) is 5.91 Å². The summed E-state index contributed by atoms with van der Waals surface area (Å²) in [5.74, 6) is 0.569. The smallest absolute Gasteiger partial charge is 0.270 e. The molecule has 4 heterocycles. The van der Waals surface area contributed by atoms with Crippen molar-refractivity contribution < 1.29 is 14.3 Å². The van der Waals surface area contributed by atoms with E-state index >= 15 is 0 Å². The van der Waals surface area contributed by atoms with E-state index in [2.05, 4.69) is 31.6 Å². The predicted molar refractivity (Wildman–Crippen MR) is 116 cm³/mol. The molecule has 0 bridgehead atoms. The van der Waals surface area contributed by atoms with Gasteiger partial charge in [0.25, 0.3) is 5.91 Å². The van der Waals surface area contributed by atoms with Gasteiger partial charge in [-0.3, -0.25) is 19.5 Å². The summed E-state index contributed by atoms with van der Waals surface area (Å²) < 4.78 is 5.97. The minimum absolute atomic E-state index is 0.00528. The normalized spacial score (nSPS) is 25.6.